The number of rotatable bonds is 3. The summed E-state index contributed by atoms with van der Waals surface area (Å²) < 4.78 is 1.07. The number of hydrogen-bond donors (Lipinski definition) is 0. The molecule has 92 valence electrons. The van der Waals surface area contributed by atoms with Crippen molar-refractivity contribution in [2.75, 3.05) is 12.5 Å². The van der Waals surface area contributed by atoms with Gasteiger partial charge in [-0.3, -0.25) is 9.59 Å². The van der Waals surface area contributed by atoms with Crippen molar-refractivity contribution in [3.8, 4) is 0 Å². The Bertz CT molecular complexity index is 528. The van der Waals surface area contributed by atoms with Gasteiger partial charge in [0, 0.05) is 15.4 Å². The van der Waals surface area contributed by atoms with Crippen molar-refractivity contribution in [3.63, 3.8) is 0 Å². The summed E-state index contributed by atoms with van der Waals surface area (Å²) >= 11 is 3.19. The second-order valence-corrected chi connectivity index (χ2v) is 5.63. The number of carbonyl (C=O) groups is 2. The van der Waals surface area contributed by atoms with E-state index in [2.05, 4.69) is 0 Å². The maximum atomic E-state index is 12.1. The van der Waals surface area contributed by atoms with Gasteiger partial charge in [-0.1, -0.05) is 24.3 Å². The SMILES string of the molecule is CSC(=CC=C1C(=O)c2ccccc2C1=O)SC. The first-order valence-electron chi connectivity index (χ1n) is 5.37. The lowest BCUT2D eigenvalue weighted by Crippen LogP contribution is -1.99. The van der Waals surface area contributed by atoms with Crippen LogP contribution in [0.3, 0.4) is 0 Å². The molecule has 0 saturated heterocycles. The van der Waals surface area contributed by atoms with Gasteiger partial charge in [-0.15, -0.1) is 23.5 Å². The van der Waals surface area contributed by atoms with Crippen LogP contribution in [0.25, 0.3) is 0 Å². The lowest BCUT2D eigenvalue weighted by Gasteiger charge is -1.96. The number of Topliss-reactive ketones (excluding diaryl/α,β-unsaturated/α-hetero) is 2. The molecule has 0 radical (unpaired) electrons. The van der Waals surface area contributed by atoms with E-state index in [0.29, 0.717) is 11.1 Å². The van der Waals surface area contributed by atoms with E-state index in [0.717, 1.165) is 4.24 Å². The number of carbonyl (C=O) groups excluding carboxylic acids is 2. The average Bonchev–Trinajstić information content (AvgIpc) is 2.65. The largest absolute Gasteiger partial charge is 0.288 e. The summed E-state index contributed by atoms with van der Waals surface area (Å²) in [6.07, 6.45) is 7.39. The molecule has 2 nitrogen and oxygen atoms in total. The van der Waals surface area contributed by atoms with Crippen LogP contribution in [0.15, 0.2) is 46.2 Å². The molecular formula is C14H12O2S2. The highest BCUT2D eigenvalue weighted by Gasteiger charge is 2.31. The van der Waals surface area contributed by atoms with Crippen molar-refractivity contribution in [1.82, 2.24) is 0 Å². The topological polar surface area (TPSA) is 34.1 Å². The summed E-state index contributed by atoms with van der Waals surface area (Å²) in [6, 6.07) is 6.95. The molecule has 0 atom stereocenters. The minimum Gasteiger partial charge on any atom is -0.288 e. The number of fused-ring (bicyclic) bond motifs is 1. The molecule has 0 spiro atoms. The molecule has 0 unspecified atom stereocenters. The third-order valence-corrected chi connectivity index (χ3v) is 4.77. The standard InChI is InChI=1S/C14H12O2S2/c1-17-12(18-2)8-7-11-13(15)9-5-3-4-6-10(9)14(11)16/h3-8H,1-2H3. The van der Waals surface area contributed by atoms with Crippen LogP contribution in [0.1, 0.15) is 20.7 Å². The average molecular weight is 276 g/mol. The van der Waals surface area contributed by atoms with Gasteiger partial charge in [-0.2, -0.15) is 0 Å². The number of ketones is 2. The summed E-state index contributed by atoms with van der Waals surface area (Å²) in [5, 5.41) is 0. The first-order valence-corrected chi connectivity index (χ1v) is 7.82. The van der Waals surface area contributed by atoms with Gasteiger partial charge in [-0.25, -0.2) is 0 Å². The predicted octanol–water partition coefficient (Wildman–Crippen LogP) is 3.56. The molecule has 0 aromatic heterocycles. The summed E-state index contributed by atoms with van der Waals surface area (Å²) in [6.45, 7) is 0. The van der Waals surface area contributed by atoms with E-state index >= 15 is 0 Å². The van der Waals surface area contributed by atoms with E-state index in [4.69, 9.17) is 0 Å². The second kappa shape index (κ2) is 5.59. The molecular weight excluding hydrogens is 264 g/mol. The zero-order valence-corrected chi connectivity index (χ0v) is 11.7. The molecule has 0 heterocycles. The van der Waals surface area contributed by atoms with E-state index < -0.39 is 0 Å². The summed E-state index contributed by atoms with van der Waals surface area (Å²) in [5.74, 6) is -0.346. The summed E-state index contributed by atoms with van der Waals surface area (Å²) in [4.78, 5) is 24.1. The van der Waals surface area contributed by atoms with Gasteiger partial charge in [0.1, 0.15) is 0 Å². The zero-order valence-electron chi connectivity index (χ0n) is 10.1. The maximum absolute atomic E-state index is 12.1. The van der Waals surface area contributed by atoms with Gasteiger partial charge in [-0.05, 0) is 24.7 Å². The zero-order chi connectivity index (χ0) is 13.1. The first kappa shape index (κ1) is 13.2. The van der Waals surface area contributed by atoms with E-state index in [-0.39, 0.29) is 17.1 Å². The molecule has 0 N–H and O–H groups in total. The van der Waals surface area contributed by atoms with Crippen LogP contribution in [0.4, 0.5) is 0 Å². The first-order chi connectivity index (χ1) is 8.69. The maximum Gasteiger partial charge on any atom is 0.197 e. The van der Waals surface area contributed by atoms with Gasteiger partial charge < -0.3 is 0 Å². The van der Waals surface area contributed by atoms with Crippen LogP contribution < -0.4 is 0 Å². The lowest BCUT2D eigenvalue weighted by atomic mass is 10.1. The highest BCUT2D eigenvalue weighted by molar-refractivity contribution is 8.21. The van der Waals surface area contributed by atoms with Crippen molar-refractivity contribution in [1.29, 1.82) is 0 Å². The molecule has 4 heteroatoms. The Kier molecular flexibility index (Phi) is 4.09. The van der Waals surface area contributed by atoms with Crippen molar-refractivity contribution in [2.45, 2.75) is 0 Å². The van der Waals surface area contributed by atoms with Crippen LogP contribution >= 0.6 is 23.5 Å². The summed E-state index contributed by atoms with van der Waals surface area (Å²) in [5.41, 5.74) is 1.28. The smallest absolute Gasteiger partial charge is 0.197 e. The summed E-state index contributed by atoms with van der Waals surface area (Å²) in [7, 11) is 0. The third-order valence-electron chi connectivity index (χ3n) is 2.69. The predicted molar refractivity (Wildman–Crippen MR) is 78.3 cm³/mol. The highest BCUT2D eigenvalue weighted by Crippen LogP contribution is 2.28. The monoisotopic (exact) mass is 276 g/mol. The molecule has 1 aliphatic rings. The number of hydrogen-bond acceptors (Lipinski definition) is 4. The Morgan fingerprint density at radius 2 is 1.50 bits per heavy atom. The lowest BCUT2D eigenvalue weighted by molar-refractivity contribution is 0.0989. The van der Waals surface area contributed by atoms with E-state index in [9.17, 15) is 9.59 Å². The van der Waals surface area contributed by atoms with E-state index in [1.165, 1.54) is 0 Å². The Hall–Kier alpha value is -1.26. The second-order valence-electron chi connectivity index (χ2n) is 3.68. The van der Waals surface area contributed by atoms with Gasteiger partial charge in [0.15, 0.2) is 11.6 Å². The molecule has 0 fully saturated rings. The number of thioether (sulfide) groups is 2. The van der Waals surface area contributed by atoms with Crippen molar-refractivity contribution in [2.24, 2.45) is 0 Å². The molecule has 0 bridgehead atoms. The van der Waals surface area contributed by atoms with Crippen LogP contribution in [-0.4, -0.2) is 24.1 Å². The van der Waals surface area contributed by atoms with Gasteiger partial charge >= 0.3 is 0 Å². The Balaban J connectivity index is 2.40. The highest BCUT2D eigenvalue weighted by atomic mass is 32.2. The van der Waals surface area contributed by atoms with Crippen LogP contribution in [0, 0.1) is 0 Å². The van der Waals surface area contributed by atoms with E-state index in [1.807, 2.05) is 18.6 Å². The minimum atomic E-state index is -0.173. The van der Waals surface area contributed by atoms with Crippen LogP contribution in [-0.2, 0) is 0 Å². The normalized spacial score (nSPS) is 13.6. The molecule has 1 aliphatic carbocycles. The van der Waals surface area contributed by atoms with Crippen molar-refractivity contribution >= 4 is 35.1 Å². The quantitative estimate of drug-likeness (QED) is 0.624. The molecule has 1 aromatic carbocycles. The number of benzene rings is 1. The van der Waals surface area contributed by atoms with Gasteiger partial charge in [0.2, 0.25) is 0 Å². The molecule has 2 rings (SSSR count). The van der Waals surface area contributed by atoms with Gasteiger partial charge in [0.25, 0.3) is 0 Å². The van der Waals surface area contributed by atoms with Gasteiger partial charge in [0.05, 0.1) is 5.57 Å². The fraction of sp³-hybridized carbons (Fsp3) is 0.143. The number of allylic oxidation sites excluding steroid dienone is 3. The van der Waals surface area contributed by atoms with Crippen LogP contribution in [0.5, 0.6) is 0 Å². The molecule has 0 saturated carbocycles. The Morgan fingerprint density at radius 3 is 1.94 bits per heavy atom. The minimum absolute atomic E-state index is 0.173. The fourth-order valence-electron chi connectivity index (χ4n) is 1.79. The molecule has 0 aliphatic heterocycles. The van der Waals surface area contributed by atoms with Crippen molar-refractivity contribution < 1.29 is 9.59 Å². The van der Waals surface area contributed by atoms with Crippen molar-refractivity contribution in [3.05, 3.63) is 57.4 Å². The molecule has 0 amide bonds. The molecule has 1 aromatic rings. The fourth-order valence-corrected chi connectivity index (χ4v) is 2.87. The third kappa shape index (κ3) is 2.31. The Labute approximate surface area is 115 Å². The molecule has 18 heavy (non-hydrogen) atoms. The Morgan fingerprint density at radius 1 is 1.00 bits per heavy atom. The van der Waals surface area contributed by atoms with Crippen LogP contribution in [0.2, 0.25) is 0 Å². The van der Waals surface area contributed by atoms with E-state index in [1.54, 1.807) is 53.9 Å².